The Morgan fingerprint density at radius 1 is 0.923 bits per heavy atom. The van der Waals surface area contributed by atoms with Gasteiger partial charge in [-0.25, -0.2) is 4.39 Å². The zero-order chi connectivity index (χ0) is 18.1. The Labute approximate surface area is 153 Å². The van der Waals surface area contributed by atoms with Gasteiger partial charge in [-0.05, 0) is 43.4 Å². The number of rotatable bonds is 3. The second-order valence-electron chi connectivity index (χ2n) is 7.54. The van der Waals surface area contributed by atoms with Crippen LogP contribution >= 0.6 is 0 Å². The molecule has 2 unspecified atom stereocenters. The molecular weight excluding hydrogens is 335 g/mol. The fraction of sp³-hybridized carbons (Fsp3) is 0.600. The van der Waals surface area contributed by atoms with E-state index in [-0.39, 0.29) is 35.5 Å². The Hall–Kier alpha value is -1.95. The van der Waals surface area contributed by atoms with E-state index in [2.05, 4.69) is 0 Å². The Kier molecular flexibility index (Phi) is 4.94. The van der Waals surface area contributed by atoms with Crippen molar-refractivity contribution in [1.29, 1.82) is 0 Å². The Morgan fingerprint density at radius 2 is 1.58 bits per heavy atom. The van der Waals surface area contributed by atoms with Crippen LogP contribution in [0.1, 0.15) is 37.3 Å². The molecule has 3 aliphatic rings. The maximum Gasteiger partial charge on any atom is 0.227 e. The van der Waals surface area contributed by atoms with Crippen LogP contribution in [-0.4, -0.2) is 54.5 Å². The minimum Gasteiger partial charge on any atom is -0.378 e. The third-order valence-corrected chi connectivity index (χ3v) is 5.72. The van der Waals surface area contributed by atoms with Crippen LogP contribution in [-0.2, 0) is 14.3 Å². The lowest BCUT2D eigenvalue weighted by Crippen LogP contribution is -2.50. The highest BCUT2D eigenvalue weighted by Crippen LogP contribution is 2.39. The maximum atomic E-state index is 13.3. The molecule has 0 radical (unpaired) electrons. The van der Waals surface area contributed by atoms with Crippen LogP contribution in [0.4, 0.5) is 4.39 Å². The molecule has 2 atom stereocenters. The molecule has 4 rings (SSSR count). The number of halogens is 1. The first-order chi connectivity index (χ1) is 12.6. The summed E-state index contributed by atoms with van der Waals surface area (Å²) >= 11 is 0. The summed E-state index contributed by atoms with van der Waals surface area (Å²) in [6.45, 7) is 2.90. The number of benzene rings is 1. The molecule has 6 heteroatoms. The van der Waals surface area contributed by atoms with Gasteiger partial charge in [-0.3, -0.25) is 9.59 Å². The standard InChI is InChI=1S/C20H25FN2O3/c21-17-6-3-14(4-7-17)18-8-5-16(13-23(18)20(25)15-1-2-15)19(24)22-9-11-26-12-10-22/h3-4,6-7,15-16,18H,1-2,5,8-13H2. The monoisotopic (exact) mass is 360 g/mol. The Bertz CT molecular complexity index is 668. The number of carbonyl (C=O) groups is 2. The van der Waals surface area contributed by atoms with E-state index < -0.39 is 0 Å². The van der Waals surface area contributed by atoms with Gasteiger partial charge in [0.05, 0.1) is 25.2 Å². The van der Waals surface area contributed by atoms with Gasteiger partial charge >= 0.3 is 0 Å². The molecule has 2 saturated heterocycles. The Balaban J connectivity index is 1.51. The van der Waals surface area contributed by atoms with Gasteiger partial charge in [-0.1, -0.05) is 12.1 Å². The summed E-state index contributed by atoms with van der Waals surface area (Å²) in [5.74, 6) is -0.0223. The first kappa shape index (κ1) is 17.5. The fourth-order valence-corrected chi connectivity index (χ4v) is 4.05. The molecule has 0 aromatic heterocycles. The van der Waals surface area contributed by atoms with Crippen LogP contribution in [0, 0.1) is 17.7 Å². The number of nitrogens with zero attached hydrogens (tertiary/aromatic N) is 2. The van der Waals surface area contributed by atoms with Gasteiger partial charge in [0.2, 0.25) is 11.8 Å². The van der Waals surface area contributed by atoms with Gasteiger partial charge in [0.25, 0.3) is 0 Å². The smallest absolute Gasteiger partial charge is 0.227 e. The lowest BCUT2D eigenvalue weighted by molar-refractivity contribution is -0.146. The number of carbonyl (C=O) groups excluding carboxylic acids is 2. The van der Waals surface area contributed by atoms with Gasteiger partial charge < -0.3 is 14.5 Å². The lowest BCUT2D eigenvalue weighted by atomic mass is 9.87. The van der Waals surface area contributed by atoms with Crippen LogP contribution in [0.3, 0.4) is 0 Å². The van der Waals surface area contributed by atoms with E-state index in [0.29, 0.717) is 32.8 Å². The molecule has 2 aliphatic heterocycles. The second-order valence-corrected chi connectivity index (χ2v) is 7.54. The average molecular weight is 360 g/mol. The molecule has 140 valence electrons. The predicted octanol–water partition coefficient (Wildman–Crippen LogP) is 2.37. The maximum absolute atomic E-state index is 13.3. The third-order valence-electron chi connectivity index (χ3n) is 5.72. The van der Waals surface area contributed by atoms with Crippen LogP contribution in [0.2, 0.25) is 0 Å². The molecule has 3 fully saturated rings. The topological polar surface area (TPSA) is 49.9 Å². The normalized spacial score (nSPS) is 26.7. The number of likely N-dealkylation sites (tertiary alicyclic amines) is 1. The summed E-state index contributed by atoms with van der Waals surface area (Å²) in [6.07, 6.45) is 3.37. The first-order valence-corrected chi connectivity index (χ1v) is 9.56. The van der Waals surface area contributed by atoms with Crippen molar-refractivity contribution in [2.45, 2.75) is 31.7 Å². The zero-order valence-electron chi connectivity index (χ0n) is 14.9. The van der Waals surface area contributed by atoms with Gasteiger partial charge in [-0.2, -0.15) is 0 Å². The van der Waals surface area contributed by atoms with Crippen LogP contribution in [0.25, 0.3) is 0 Å². The van der Waals surface area contributed by atoms with Crippen molar-refractivity contribution >= 4 is 11.8 Å². The third kappa shape index (κ3) is 3.61. The molecule has 5 nitrogen and oxygen atoms in total. The van der Waals surface area contributed by atoms with Crippen molar-refractivity contribution in [3.05, 3.63) is 35.6 Å². The summed E-state index contributed by atoms with van der Waals surface area (Å²) < 4.78 is 18.6. The summed E-state index contributed by atoms with van der Waals surface area (Å²) in [5, 5.41) is 0. The molecule has 1 aromatic rings. The number of hydrogen-bond acceptors (Lipinski definition) is 3. The first-order valence-electron chi connectivity index (χ1n) is 9.56. The van der Waals surface area contributed by atoms with Crippen LogP contribution in [0.15, 0.2) is 24.3 Å². The van der Waals surface area contributed by atoms with Gasteiger partial charge in [0.15, 0.2) is 0 Å². The molecule has 1 saturated carbocycles. The van der Waals surface area contributed by atoms with Crippen molar-refractivity contribution in [3.8, 4) is 0 Å². The molecule has 26 heavy (non-hydrogen) atoms. The number of ether oxygens (including phenoxy) is 1. The van der Waals surface area contributed by atoms with Crippen molar-refractivity contribution < 1.29 is 18.7 Å². The van der Waals surface area contributed by atoms with E-state index in [1.807, 2.05) is 9.80 Å². The highest BCUT2D eigenvalue weighted by molar-refractivity contribution is 5.84. The molecule has 0 N–H and O–H groups in total. The molecule has 2 amide bonds. The van der Waals surface area contributed by atoms with Crippen LogP contribution in [0.5, 0.6) is 0 Å². The van der Waals surface area contributed by atoms with Crippen LogP contribution < -0.4 is 0 Å². The largest absolute Gasteiger partial charge is 0.378 e. The van der Waals surface area contributed by atoms with Crippen molar-refractivity contribution in [2.24, 2.45) is 11.8 Å². The van der Waals surface area contributed by atoms with E-state index in [9.17, 15) is 14.0 Å². The lowest BCUT2D eigenvalue weighted by Gasteiger charge is -2.41. The number of hydrogen-bond donors (Lipinski definition) is 0. The van der Waals surface area contributed by atoms with E-state index >= 15 is 0 Å². The minimum absolute atomic E-state index is 0.0579. The van der Waals surface area contributed by atoms with E-state index in [1.54, 1.807) is 12.1 Å². The molecule has 1 aromatic carbocycles. The molecule has 2 heterocycles. The van der Waals surface area contributed by atoms with Gasteiger partial charge in [0.1, 0.15) is 5.82 Å². The molecule has 0 bridgehead atoms. The fourth-order valence-electron chi connectivity index (χ4n) is 4.05. The average Bonchev–Trinajstić information content (AvgIpc) is 3.53. The van der Waals surface area contributed by atoms with E-state index in [0.717, 1.165) is 31.2 Å². The van der Waals surface area contributed by atoms with Crippen molar-refractivity contribution in [3.63, 3.8) is 0 Å². The van der Waals surface area contributed by atoms with Crippen molar-refractivity contribution in [1.82, 2.24) is 9.80 Å². The Morgan fingerprint density at radius 3 is 2.23 bits per heavy atom. The predicted molar refractivity (Wildman–Crippen MR) is 93.7 cm³/mol. The SMILES string of the molecule is O=C(C1CCC(c2ccc(F)cc2)N(C(=O)C2CC2)C1)N1CCOCC1. The number of piperidine rings is 1. The number of amides is 2. The number of morpholine rings is 1. The highest BCUT2D eigenvalue weighted by atomic mass is 19.1. The quantitative estimate of drug-likeness (QED) is 0.832. The highest BCUT2D eigenvalue weighted by Gasteiger charge is 2.42. The van der Waals surface area contributed by atoms with Gasteiger partial charge in [-0.15, -0.1) is 0 Å². The summed E-state index contributed by atoms with van der Waals surface area (Å²) in [4.78, 5) is 29.5. The molecule has 0 spiro atoms. The zero-order valence-corrected chi connectivity index (χ0v) is 14.9. The summed E-state index contributed by atoms with van der Waals surface area (Å²) in [7, 11) is 0. The summed E-state index contributed by atoms with van der Waals surface area (Å²) in [5.41, 5.74) is 0.956. The van der Waals surface area contributed by atoms with Crippen molar-refractivity contribution in [2.75, 3.05) is 32.8 Å². The minimum atomic E-state index is -0.273. The molecular formula is C20H25FN2O3. The van der Waals surface area contributed by atoms with E-state index in [1.165, 1.54) is 12.1 Å². The van der Waals surface area contributed by atoms with E-state index in [4.69, 9.17) is 4.74 Å². The molecule has 1 aliphatic carbocycles. The van der Waals surface area contributed by atoms with Gasteiger partial charge in [0, 0.05) is 25.6 Å². The summed E-state index contributed by atoms with van der Waals surface area (Å²) in [6, 6.07) is 6.35. The second kappa shape index (κ2) is 7.35.